The maximum Gasteiger partial charge on any atom is 0.185 e. The fraction of sp³-hybridized carbons (Fsp3) is 0.286. The number of halogens is 1. The van der Waals surface area contributed by atoms with E-state index in [2.05, 4.69) is 26.9 Å². The smallest absolute Gasteiger partial charge is 0.185 e. The Morgan fingerprint density at radius 3 is 2.72 bits per heavy atom. The van der Waals surface area contributed by atoms with Gasteiger partial charge in [-0.3, -0.25) is 9.69 Å². The van der Waals surface area contributed by atoms with Gasteiger partial charge in [0.25, 0.3) is 0 Å². The molecule has 0 saturated carbocycles. The van der Waals surface area contributed by atoms with Crippen LogP contribution >= 0.6 is 15.9 Å². The number of methoxy groups -OCH3 is 1. The summed E-state index contributed by atoms with van der Waals surface area (Å²) in [6, 6.07) is 13.5. The lowest BCUT2D eigenvalue weighted by molar-refractivity contribution is 0.104. The number of carbonyl (C=O) groups is 1. The topological polar surface area (TPSA) is 29.5 Å². The quantitative estimate of drug-likeness (QED) is 0.508. The summed E-state index contributed by atoms with van der Waals surface area (Å²) in [4.78, 5) is 14.8. The van der Waals surface area contributed by atoms with Crippen LogP contribution in [0.5, 0.6) is 5.75 Å². The highest BCUT2D eigenvalue weighted by molar-refractivity contribution is 9.10. The molecular weight excluding hydrogens is 378 g/mol. The summed E-state index contributed by atoms with van der Waals surface area (Å²) in [5.41, 5.74) is 2.86. The molecule has 0 amide bonds. The zero-order chi connectivity index (χ0) is 17.6. The minimum atomic E-state index is -0.00166. The molecule has 1 saturated heterocycles. The van der Waals surface area contributed by atoms with Gasteiger partial charge in [0, 0.05) is 22.1 Å². The van der Waals surface area contributed by atoms with Gasteiger partial charge in [0.1, 0.15) is 5.75 Å². The molecule has 0 unspecified atom stereocenters. The van der Waals surface area contributed by atoms with Gasteiger partial charge in [-0.2, -0.15) is 0 Å². The lowest BCUT2D eigenvalue weighted by atomic mass is 10.1. The normalized spacial score (nSPS) is 15.0. The highest BCUT2D eigenvalue weighted by Crippen LogP contribution is 2.24. The van der Waals surface area contributed by atoms with Crippen LogP contribution < -0.4 is 4.74 Å². The molecule has 0 aliphatic carbocycles. The van der Waals surface area contributed by atoms with Crippen molar-refractivity contribution < 1.29 is 9.53 Å². The largest absolute Gasteiger partial charge is 0.496 e. The summed E-state index contributed by atoms with van der Waals surface area (Å²) in [6.07, 6.45) is 6.03. The molecule has 4 heteroatoms. The molecular formula is C21H22BrNO2. The fourth-order valence-corrected chi connectivity index (χ4v) is 3.52. The van der Waals surface area contributed by atoms with E-state index in [0.717, 1.165) is 35.4 Å². The van der Waals surface area contributed by atoms with E-state index in [1.165, 1.54) is 18.4 Å². The third-order valence-electron chi connectivity index (χ3n) is 4.43. The summed E-state index contributed by atoms with van der Waals surface area (Å²) >= 11 is 3.40. The third kappa shape index (κ3) is 4.80. The Kier molecular flexibility index (Phi) is 6.05. The molecule has 0 radical (unpaired) electrons. The van der Waals surface area contributed by atoms with Crippen molar-refractivity contribution >= 4 is 27.8 Å². The molecule has 1 aliphatic heterocycles. The van der Waals surface area contributed by atoms with Crippen LogP contribution in [-0.4, -0.2) is 30.9 Å². The molecule has 3 nitrogen and oxygen atoms in total. The molecule has 1 aliphatic rings. The number of ether oxygens (including phenoxy) is 1. The van der Waals surface area contributed by atoms with E-state index < -0.39 is 0 Å². The second-order valence-corrected chi connectivity index (χ2v) is 7.18. The zero-order valence-electron chi connectivity index (χ0n) is 14.4. The van der Waals surface area contributed by atoms with Gasteiger partial charge in [0.15, 0.2) is 5.78 Å². The van der Waals surface area contributed by atoms with Crippen molar-refractivity contribution in [2.45, 2.75) is 19.4 Å². The number of likely N-dealkylation sites (tertiary alicyclic amines) is 1. The van der Waals surface area contributed by atoms with Crippen molar-refractivity contribution in [3.63, 3.8) is 0 Å². The van der Waals surface area contributed by atoms with Crippen LogP contribution in [0, 0.1) is 0 Å². The van der Waals surface area contributed by atoms with Crippen LogP contribution in [0.4, 0.5) is 0 Å². The van der Waals surface area contributed by atoms with Crippen LogP contribution in [0.25, 0.3) is 6.08 Å². The number of nitrogens with zero attached hydrogens (tertiary/aromatic N) is 1. The molecule has 0 N–H and O–H groups in total. The molecule has 25 heavy (non-hydrogen) atoms. The van der Waals surface area contributed by atoms with Gasteiger partial charge in [-0.15, -0.1) is 0 Å². The summed E-state index contributed by atoms with van der Waals surface area (Å²) in [5.74, 6) is 0.903. The first kappa shape index (κ1) is 17.9. The maximum atomic E-state index is 12.3. The van der Waals surface area contributed by atoms with Gasteiger partial charge >= 0.3 is 0 Å². The van der Waals surface area contributed by atoms with Crippen LogP contribution in [0.3, 0.4) is 0 Å². The maximum absolute atomic E-state index is 12.3. The second kappa shape index (κ2) is 8.45. The molecule has 2 aromatic rings. The Hall–Kier alpha value is -1.91. The standard InChI is InChI=1S/C21H22BrNO2/c1-25-21-10-8-16(13-18(21)15-23-11-2-3-12-23)7-9-20(24)17-5-4-6-19(22)14-17/h4-10,13-14H,2-3,11-12,15H2,1H3/b9-7+. The number of allylic oxidation sites excluding steroid dienone is 1. The Balaban J connectivity index is 1.76. The van der Waals surface area contributed by atoms with E-state index >= 15 is 0 Å². The SMILES string of the molecule is COc1ccc(/C=C/C(=O)c2cccc(Br)c2)cc1CN1CCCC1. The minimum Gasteiger partial charge on any atom is -0.496 e. The first-order valence-corrected chi connectivity index (χ1v) is 9.32. The average Bonchev–Trinajstić information content (AvgIpc) is 3.13. The van der Waals surface area contributed by atoms with Gasteiger partial charge in [0.2, 0.25) is 0 Å². The van der Waals surface area contributed by atoms with E-state index in [1.807, 2.05) is 42.5 Å². The van der Waals surface area contributed by atoms with Gasteiger partial charge in [-0.1, -0.05) is 40.2 Å². The fourth-order valence-electron chi connectivity index (χ4n) is 3.12. The van der Waals surface area contributed by atoms with Crippen LogP contribution in [-0.2, 0) is 6.54 Å². The van der Waals surface area contributed by atoms with Gasteiger partial charge in [0.05, 0.1) is 7.11 Å². The third-order valence-corrected chi connectivity index (χ3v) is 4.93. The summed E-state index contributed by atoms with van der Waals surface area (Å²) in [7, 11) is 1.70. The summed E-state index contributed by atoms with van der Waals surface area (Å²) in [6.45, 7) is 3.18. The van der Waals surface area contributed by atoms with E-state index in [0.29, 0.717) is 5.56 Å². The first-order valence-electron chi connectivity index (χ1n) is 8.53. The molecule has 3 rings (SSSR count). The number of hydrogen-bond acceptors (Lipinski definition) is 3. The Morgan fingerprint density at radius 2 is 2.00 bits per heavy atom. The van der Waals surface area contributed by atoms with Crippen molar-refractivity contribution in [3.05, 3.63) is 69.7 Å². The van der Waals surface area contributed by atoms with Crippen molar-refractivity contribution in [1.82, 2.24) is 4.90 Å². The number of hydrogen-bond donors (Lipinski definition) is 0. The molecule has 1 fully saturated rings. The van der Waals surface area contributed by atoms with E-state index in [-0.39, 0.29) is 5.78 Å². The highest BCUT2D eigenvalue weighted by atomic mass is 79.9. The van der Waals surface area contributed by atoms with Crippen molar-refractivity contribution in [2.75, 3.05) is 20.2 Å². The van der Waals surface area contributed by atoms with Crippen molar-refractivity contribution in [3.8, 4) is 5.75 Å². The predicted octanol–water partition coefficient (Wildman–Crippen LogP) is 4.95. The molecule has 130 valence electrons. The predicted molar refractivity (Wildman–Crippen MR) is 105 cm³/mol. The Morgan fingerprint density at radius 1 is 1.20 bits per heavy atom. The summed E-state index contributed by atoms with van der Waals surface area (Å²) < 4.78 is 6.40. The van der Waals surface area contributed by atoms with Gasteiger partial charge in [-0.05, 0) is 61.8 Å². The van der Waals surface area contributed by atoms with E-state index in [1.54, 1.807) is 13.2 Å². The molecule has 2 aromatic carbocycles. The Labute approximate surface area is 157 Å². The average molecular weight is 400 g/mol. The number of benzene rings is 2. The summed E-state index contributed by atoms with van der Waals surface area (Å²) in [5, 5.41) is 0. The first-order chi connectivity index (χ1) is 12.2. The highest BCUT2D eigenvalue weighted by Gasteiger charge is 2.14. The van der Waals surface area contributed by atoms with Crippen LogP contribution in [0.15, 0.2) is 53.0 Å². The number of rotatable bonds is 6. The van der Waals surface area contributed by atoms with Crippen molar-refractivity contribution in [2.24, 2.45) is 0 Å². The van der Waals surface area contributed by atoms with E-state index in [9.17, 15) is 4.79 Å². The van der Waals surface area contributed by atoms with E-state index in [4.69, 9.17) is 4.74 Å². The zero-order valence-corrected chi connectivity index (χ0v) is 16.0. The van der Waals surface area contributed by atoms with Crippen LogP contribution in [0.1, 0.15) is 34.3 Å². The number of carbonyl (C=O) groups excluding carboxylic acids is 1. The van der Waals surface area contributed by atoms with Gasteiger partial charge in [-0.25, -0.2) is 0 Å². The lowest BCUT2D eigenvalue weighted by Crippen LogP contribution is -2.18. The minimum absolute atomic E-state index is 0.00166. The second-order valence-electron chi connectivity index (χ2n) is 6.26. The molecule has 0 aromatic heterocycles. The number of ketones is 1. The monoisotopic (exact) mass is 399 g/mol. The molecule has 0 atom stereocenters. The van der Waals surface area contributed by atoms with Crippen LogP contribution in [0.2, 0.25) is 0 Å². The molecule has 0 bridgehead atoms. The van der Waals surface area contributed by atoms with Gasteiger partial charge < -0.3 is 4.74 Å². The molecule has 1 heterocycles. The Bertz CT molecular complexity index is 779. The molecule has 0 spiro atoms. The van der Waals surface area contributed by atoms with Crippen molar-refractivity contribution in [1.29, 1.82) is 0 Å². The lowest BCUT2D eigenvalue weighted by Gasteiger charge is -2.17.